The molecule has 0 aliphatic heterocycles. The Morgan fingerprint density at radius 3 is 2.65 bits per heavy atom. The Bertz CT molecular complexity index is 452. The standard InChI is InChI=1S/C14H18N2O/c1-5-10-7-6-8-11(9-10)16-13(17)12(15)14(2,3)4/h1,6-9,12H,15H2,2-4H3,(H,16,17). The molecule has 1 aromatic carbocycles. The summed E-state index contributed by atoms with van der Waals surface area (Å²) in [6, 6.07) is 6.57. The van der Waals surface area contributed by atoms with Gasteiger partial charge in [-0.15, -0.1) is 6.42 Å². The molecule has 0 aromatic heterocycles. The summed E-state index contributed by atoms with van der Waals surface area (Å²) in [4.78, 5) is 11.9. The molecule has 0 aliphatic rings. The van der Waals surface area contributed by atoms with Crippen LogP contribution in [0.5, 0.6) is 0 Å². The van der Waals surface area contributed by atoms with E-state index in [2.05, 4.69) is 11.2 Å². The maximum absolute atomic E-state index is 11.9. The summed E-state index contributed by atoms with van der Waals surface area (Å²) in [6.07, 6.45) is 5.29. The van der Waals surface area contributed by atoms with Gasteiger partial charge in [0, 0.05) is 11.3 Å². The van der Waals surface area contributed by atoms with Crippen molar-refractivity contribution >= 4 is 11.6 Å². The largest absolute Gasteiger partial charge is 0.325 e. The minimum Gasteiger partial charge on any atom is -0.325 e. The first kappa shape index (κ1) is 13.3. The van der Waals surface area contributed by atoms with Gasteiger partial charge in [-0.3, -0.25) is 4.79 Å². The molecule has 1 rings (SSSR count). The molecule has 0 heterocycles. The molecule has 3 heteroatoms. The van der Waals surface area contributed by atoms with Crippen LogP contribution in [-0.2, 0) is 4.79 Å². The fourth-order valence-electron chi connectivity index (χ4n) is 1.30. The first-order valence-electron chi connectivity index (χ1n) is 5.47. The molecule has 0 radical (unpaired) electrons. The minimum absolute atomic E-state index is 0.202. The van der Waals surface area contributed by atoms with Gasteiger partial charge in [-0.25, -0.2) is 0 Å². The molecule has 0 aliphatic carbocycles. The lowest BCUT2D eigenvalue weighted by atomic mass is 9.87. The highest BCUT2D eigenvalue weighted by Gasteiger charge is 2.27. The van der Waals surface area contributed by atoms with Crippen LogP contribution in [-0.4, -0.2) is 11.9 Å². The number of amides is 1. The molecule has 0 fully saturated rings. The SMILES string of the molecule is C#Cc1cccc(NC(=O)C(N)C(C)(C)C)c1. The van der Waals surface area contributed by atoms with Gasteiger partial charge in [0.1, 0.15) is 0 Å². The van der Waals surface area contributed by atoms with Crippen molar-refractivity contribution in [2.75, 3.05) is 5.32 Å². The highest BCUT2D eigenvalue weighted by molar-refractivity contribution is 5.95. The average Bonchev–Trinajstić information content (AvgIpc) is 2.27. The molecule has 1 amide bonds. The van der Waals surface area contributed by atoms with Crippen molar-refractivity contribution in [1.29, 1.82) is 0 Å². The van der Waals surface area contributed by atoms with Gasteiger partial charge >= 0.3 is 0 Å². The van der Waals surface area contributed by atoms with Gasteiger partial charge in [0.15, 0.2) is 0 Å². The topological polar surface area (TPSA) is 55.1 Å². The van der Waals surface area contributed by atoms with Crippen molar-refractivity contribution in [1.82, 2.24) is 0 Å². The van der Waals surface area contributed by atoms with E-state index in [0.29, 0.717) is 5.69 Å². The highest BCUT2D eigenvalue weighted by atomic mass is 16.2. The van der Waals surface area contributed by atoms with E-state index in [1.807, 2.05) is 20.8 Å². The number of terminal acetylenes is 1. The zero-order chi connectivity index (χ0) is 13.1. The summed E-state index contributed by atoms with van der Waals surface area (Å²) in [5.74, 6) is 2.32. The van der Waals surface area contributed by atoms with Gasteiger partial charge in [-0.05, 0) is 23.6 Å². The van der Waals surface area contributed by atoms with E-state index in [-0.39, 0.29) is 11.3 Å². The Morgan fingerprint density at radius 1 is 1.47 bits per heavy atom. The quantitative estimate of drug-likeness (QED) is 0.763. The fraction of sp³-hybridized carbons (Fsp3) is 0.357. The zero-order valence-electron chi connectivity index (χ0n) is 10.4. The van der Waals surface area contributed by atoms with E-state index in [1.54, 1.807) is 24.3 Å². The fourth-order valence-corrected chi connectivity index (χ4v) is 1.30. The lowest BCUT2D eigenvalue weighted by molar-refractivity contribution is -0.119. The van der Waals surface area contributed by atoms with Crippen LogP contribution in [0.2, 0.25) is 0 Å². The Kier molecular flexibility index (Phi) is 3.93. The third kappa shape index (κ3) is 3.61. The summed E-state index contributed by atoms with van der Waals surface area (Å²) in [7, 11) is 0. The second-order valence-electron chi connectivity index (χ2n) is 5.06. The molecule has 0 saturated heterocycles. The van der Waals surface area contributed by atoms with Crippen LogP contribution in [0.25, 0.3) is 0 Å². The summed E-state index contributed by atoms with van der Waals surface area (Å²) in [6.45, 7) is 5.78. The number of carbonyl (C=O) groups excluding carboxylic acids is 1. The maximum atomic E-state index is 11.9. The number of hydrogen-bond acceptors (Lipinski definition) is 2. The van der Waals surface area contributed by atoms with E-state index in [1.165, 1.54) is 0 Å². The third-order valence-corrected chi connectivity index (χ3v) is 2.51. The second kappa shape index (κ2) is 5.03. The minimum atomic E-state index is -0.558. The molecular formula is C14H18N2O. The first-order chi connectivity index (χ1) is 7.84. The van der Waals surface area contributed by atoms with E-state index in [9.17, 15) is 4.79 Å². The van der Waals surface area contributed by atoms with Crippen LogP contribution in [0.3, 0.4) is 0 Å². The summed E-state index contributed by atoms with van der Waals surface area (Å²) >= 11 is 0. The van der Waals surface area contributed by atoms with Crippen LogP contribution in [0.4, 0.5) is 5.69 Å². The Balaban J connectivity index is 2.79. The summed E-state index contributed by atoms with van der Waals surface area (Å²) < 4.78 is 0. The third-order valence-electron chi connectivity index (χ3n) is 2.51. The van der Waals surface area contributed by atoms with Crippen molar-refractivity contribution in [3.8, 4) is 12.3 Å². The smallest absolute Gasteiger partial charge is 0.241 e. The molecule has 1 aromatic rings. The van der Waals surface area contributed by atoms with Gasteiger partial charge in [0.05, 0.1) is 6.04 Å². The van der Waals surface area contributed by atoms with Crippen molar-refractivity contribution in [2.24, 2.45) is 11.1 Å². The number of hydrogen-bond donors (Lipinski definition) is 2. The van der Waals surface area contributed by atoms with Crippen LogP contribution < -0.4 is 11.1 Å². The van der Waals surface area contributed by atoms with Crippen LogP contribution in [0.15, 0.2) is 24.3 Å². The lowest BCUT2D eigenvalue weighted by Gasteiger charge is -2.25. The number of benzene rings is 1. The predicted octanol–water partition coefficient (Wildman–Crippen LogP) is 1.98. The molecule has 1 atom stereocenters. The molecule has 90 valence electrons. The van der Waals surface area contributed by atoms with Crippen LogP contribution in [0, 0.1) is 17.8 Å². The molecule has 0 bridgehead atoms. The van der Waals surface area contributed by atoms with Gasteiger partial charge in [0.2, 0.25) is 5.91 Å². The molecule has 0 spiro atoms. The van der Waals surface area contributed by atoms with Gasteiger partial charge in [-0.1, -0.05) is 32.8 Å². The van der Waals surface area contributed by atoms with Crippen molar-refractivity contribution in [3.63, 3.8) is 0 Å². The monoisotopic (exact) mass is 230 g/mol. The number of carbonyl (C=O) groups is 1. The van der Waals surface area contributed by atoms with Crippen molar-refractivity contribution in [2.45, 2.75) is 26.8 Å². The van der Waals surface area contributed by atoms with Crippen LogP contribution >= 0.6 is 0 Å². The number of nitrogens with two attached hydrogens (primary N) is 1. The lowest BCUT2D eigenvalue weighted by Crippen LogP contribution is -2.45. The summed E-state index contributed by atoms with van der Waals surface area (Å²) in [5, 5.41) is 2.76. The van der Waals surface area contributed by atoms with Gasteiger partial charge in [-0.2, -0.15) is 0 Å². The average molecular weight is 230 g/mol. The van der Waals surface area contributed by atoms with Gasteiger partial charge < -0.3 is 11.1 Å². The van der Waals surface area contributed by atoms with Gasteiger partial charge in [0.25, 0.3) is 0 Å². The second-order valence-corrected chi connectivity index (χ2v) is 5.06. The number of nitrogens with one attached hydrogen (secondary N) is 1. The number of anilines is 1. The highest BCUT2D eigenvalue weighted by Crippen LogP contribution is 2.19. The Morgan fingerprint density at radius 2 is 2.12 bits per heavy atom. The Hall–Kier alpha value is -1.79. The van der Waals surface area contributed by atoms with Crippen molar-refractivity contribution in [3.05, 3.63) is 29.8 Å². The molecule has 3 N–H and O–H groups in total. The predicted molar refractivity (Wildman–Crippen MR) is 70.4 cm³/mol. The maximum Gasteiger partial charge on any atom is 0.241 e. The van der Waals surface area contributed by atoms with E-state index in [4.69, 9.17) is 12.2 Å². The van der Waals surface area contributed by atoms with Crippen molar-refractivity contribution < 1.29 is 4.79 Å². The molecule has 3 nitrogen and oxygen atoms in total. The zero-order valence-corrected chi connectivity index (χ0v) is 10.4. The first-order valence-corrected chi connectivity index (χ1v) is 5.47. The molecule has 17 heavy (non-hydrogen) atoms. The molecule has 0 saturated carbocycles. The molecule has 1 unspecified atom stereocenters. The van der Waals surface area contributed by atoms with E-state index >= 15 is 0 Å². The van der Waals surface area contributed by atoms with E-state index in [0.717, 1.165) is 5.56 Å². The van der Waals surface area contributed by atoms with E-state index < -0.39 is 6.04 Å². The van der Waals surface area contributed by atoms with Crippen LogP contribution in [0.1, 0.15) is 26.3 Å². The molecular weight excluding hydrogens is 212 g/mol. The summed E-state index contributed by atoms with van der Waals surface area (Å²) in [5.41, 5.74) is 6.99. The normalized spacial score (nSPS) is 12.6. The number of rotatable bonds is 2. The Labute approximate surface area is 102 Å².